The Bertz CT molecular complexity index is 729. The fourth-order valence-electron chi connectivity index (χ4n) is 3.03. The van der Waals surface area contributed by atoms with E-state index in [1.165, 1.54) is 0 Å². The van der Waals surface area contributed by atoms with Crippen LogP contribution in [0.2, 0.25) is 0 Å². The Labute approximate surface area is 152 Å². The first-order valence-corrected chi connectivity index (χ1v) is 9.70. The summed E-state index contributed by atoms with van der Waals surface area (Å²) in [6.45, 7) is 5.18. The van der Waals surface area contributed by atoms with Crippen LogP contribution in [0.15, 0.2) is 35.2 Å². The minimum Gasteiger partial charge on any atom is -0.458 e. The number of carbonyl (C=O) groups is 1. The van der Waals surface area contributed by atoms with Gasteiger partial charge in [0.15, 0.2) is 0 Å². The fraction of sp³-hybridized carbons (Fsp3) is 0.421. The van der Waals surface area contributed by atoms with Crippen molar-refractivity contribution in [2.45, 2.75) is 37.7 Å². The molecule has 3 rings (SSSR count). The van der Waals surface area contributed by atoms with Crippen molar-refractivity contribution in [2.75, 3.05) is 19.3 Å². The number of hydrogen-bond donors (Lipinski definition) is 0. The number of likely N-dealkylation sites (tertiary alicyclic amines) is 1. The molecule has 1 atom stereocenters. The third-order valence-corrected chi connectivity index (χ3v) is 4.98. The molecule has 0 spiro atoms. The van der Waals surface area contributed by atoms with Crippen molar-refractivity contribution in [3.63, 3.8) is 0 Å². The highest BCUT2D eigenvalue weighted by atomic mass is 32.2. The standard InChI is InChI=1S/C19H23N3O2S/c1-13-11-14(2)21-19(20-13)24-16-5-4-10-22(12-16)18(23)15-6-8-17(25-3)9-7-15/h6-9,11,16H,4-5,10,12H2,1-3H3. The topological polar surface area (TPSA) is 55.3 Å². The number of carbonyl (C=O) groups excluding carboxylic acids is 1. The van der Waals surface area contributed by atoms with E-state index >= 15 is 0 Å². The van der Waals surface area contributed by atoms with Gasteiger partial charge in [-0.05, 0) is 63.3 Å². The first kappa shape index (κ1) is 17.7. The lowest BCUT2D eigenvalue weighted by Gasteiger charge is -2.32. The number of ether oxygens (including phenoxy) is 1. The van der Waals surface area contributed by atoms with Gasteiger partial charge >= 0.3 is 6.01 Å². The predicted octanol–water partition coefficient (Wildman–Crippen LogP) is 3.50. The molecular formula is C19H23N3O2S. The van der Waals surface area contributed by atoms with Crippen LogP contribution in [0, 0.1) is 13.8 Å². The zero-order valence-electron chi connectivity index (χ0n) is 14.9. The Hall–Kier alpha value is -2.08. The Balaban J connectivity index is 1.66. The Morgan fingerprint density at radius 1 is 1.20 bits per heavy atom. The molecule has 6 heteroatoms. The lowest BCUT2D eigenvalue weighted by molar-refractivity contribution is 0.0515. The summed E-state index contributed by atoms with van der Waals surface area (Å²) in [5.74, 6) is 0.0577. The van der Waals surface area contributed by atoms with Crippen LogP contribution >= 0.6 is 11.8 Å². The van der Waals surface area contributed by atoms with Crippen molar-refractivity contribution in [3.8, 4) is 6.01 Å². The summed E-state index contributed by atoms with van der Waals surface area (Å²) in [4.78, 5) is 24.4. The van der Waals surface area contributed by atoms with Gasteiger partial charge in [0.25, 0.3) is 5.91 Å². The maximum absolute atomic E-state index is 12.7. The lowest BCUT2D eigenvalue weighted by atomic mass is 10.1. The van der Waals surface area contributed by atoms with E-state index in [-0.39, 0.29) is 12.0 Å². The molecule has 0 saturated carbocycles. The number of benzene rings is 1. The number of nitrogens with zero attached hydrogens (tertiary/aromatic N) is 3. The maximum atomic E-state index is 12.7. The number of aromatic nitrogens is 2. The molecule has 0 radical (unpaired) electrons. The largest absolute Gasteiger partial charge is 0.458 e. The molecule has 132 valence electrons. The third-order valence-electron chi connectivity index (χ3n) is 4.24. The second kappa shape index (κ2) is 7.87. The molecule has 1 aliphatic heterocycles. The van der Waals surface area contributed by atoms with E-state index < -0.39 is 0 Å². The molecule has 0 aliphatic carbocycles. The van der Waals surface area contributed by atoms with Crippen molar-refractivity contribution < 1.29 is 9.53 Å². The van der Waals surface area contributed by atoms with Crippen LogP contribution in [0.1, 0.15) is 34.6 Å². The molecule has 1 aliphatic rings. The van der Waals surface area contributed by atoms with Crippen LogP contribution in [-0.2, 0) is 0 Å². The van der Waals surface area contributed by atoms with E-state index in [1.807, 2.05) is 55.3 Å². The van der Waals surface area contributed by atoms with Gasteiger partial charge in [-0.15, -0.1) is 11.8 Å². The van der Waals surface area contributed by atoms with E-state index in [9.17, 15) is 4.79 Å². The monoisotopic (exact) mass is 357 g/mol. The predicted molar refractivity (Wildman–Crippen MR) is 99.3 cm³/mol. The number of piperidine rings is 1. The van der Waals surface area contributed by atoms with Gasteiger partial charge in [0.2, 0.25) is 0 Å². The fourth-order valence-corrected chi connectivity index (χ4v) is 3.44. The van der Waals surface area contributed by atoms with Crippen molar-refractivity contribution in [3.05, 3.63) is 47.3 Å². The second-order valence-corrected chi connectivity index (χ2v) is 7.17. The van der Waals surface area contributed by atoms with Crippen LogP contribution in [0.3, 0.4) is 0 Å². The number of thioether (sulfide) groups is 1. The van der Waals surface area contributed by atoms with E-state index in [4.69, 9.17) is 4.74 Å². The molecule has 1 fully saturated rings. The molecule has 5 nitrogen and oxygen atoms in total. The van der Waals surface area contributed by atoms with E-state index in [0.717, 1.165) is 41.2 Å². The highest BCUT2D eigenvalue weighted by molar-refractivity contribution is 7.98. The lowest BCUT2D eigenvalue weighted by Crippen LogP contribution is -2.44. The van der Waals surface area contributed by atoms with Gasteiger partial charge < -0.3 is 9.64 Å². The van der Waals surface area contributed by atoms with Crippen LogP contribution in [0.25, 0.3) is 0 Å². The minimum atomic E-state index is -0.0654. The molecule has 1 aromatic heterocycles. The number of amides is 1. The maximum Gasteiger partial charge on any atom is 0.317 e. The summed E-state index contributed by atoms with van der Waals surface area (Å²) in [7, 11) is 0. The zero-order valence-corrected chi connectivity index (χ0v) is 15.7. The first-order chi connectivity index (χ1) is 12.0. The molecule has 1 unspecified atom stereocenters. The highest BCUT2D eigenvalue weighted by Crippen LogP contribution is 2.20. The van der Waals surface area contributed by atoms with Crippen molar-refractivity contribution in [1.29, 1.82) is 0 Å². The molecule has 1 amide bonds. The molecule has 1 aromatic carbocycles. The minimum absolute atomic E-state index is 0.0577. The van der Waals surface area contributed by atoms with E-state index in [0.29, 0.717) is 12.6 Å². The number of hydrogen-bond acceptors (Lipinski definition) is 5. The van der Waals surface area contributed by atoms with E-state index in [2.05, 4.69) is 9.97 Å². The summed E-state index contributed by atoms with van der Waals surface area (Å²) >= 11 is 1.67. The average Bonchev–Trinajstić information content (AvgIpc) is 2.60. The van der Waals surface area contributed by atoms with Gasteiger partial charge in [-0.2, -0.15) is 0 Å². The van der Waals surface area contributed by atoms with E-state index in [1.54, 1.807) is 11.8 Å². The molecule has 1 saturated heterocycles. The molecule has 0 N–H and O–H groups in total. The zero-order chi connectivity index (χ0) is 17.8. The second-order valence-electron chi connectivity index (χ2n) is 6.30. The summed E-state index contributed by atoms with van der Waals surface area (Å²) in [6.07, 6.45) is 3.79. The molecule has 25 heavy (non-hydrogen) atoms. The van der Waals surface area contributed by atoms with Crippen LogP contribution < -0.4 is 4.74 Å². The average molecular weight is 357 g/mol. The highest BCUT2D eigenvalue weighted by Gasteiger charge is 2.26. The number of rotatable bonds is 4. The van der Waals surface area contributed by atoms with Gasteiger partial charge in [-0.3, -0.25) is 4.79 Å². The van der Waals surface area contributed by atoms with Crippen LogP contribution in [0.4, 0.5) is 0 Å². The van der Waals surface area contributed by atoms with Crippen LogP contribution in [-0.4, -0.2) is 46.2 Å². The Morgan fingerprint density at radius 2 is 1.88 bits per heavy atom. The Kier molecular flexibility index (Phi) is 5.58. The van der Waals surface area contributed by atoms with Crippen LogP contribution in [0.5, 0.6) is 6.01 Å². The molecule has 2 aromatic rings. The van der Waals surface area contributed by atoms with Gasteiger partial charge in [0, 0.05) is 28.4 Å². The molecular weight excluding hydrogens is 334 g/mol. The molecule has 2 heterocycles. The SMILES string of the molecule is CSc1ccc(C(=O)N2CCCC(Oc3nc(C)cc(C)n3)C2)cc1. The summed E-state index contributed by atoms with van der Waals surface area (Å²) in [6, 6.07) is 10.1. The normalized spacial score (nSPS) is 17.4. The van der Waals surface area contributed by atoms with Gasteiger partial charge in [0.1, 0.15) is 6.10 Å². The van der Waals surface area contributed by atoms with Gasteiger partial charge in [-0.25, -0.2) is 9.97 Å². The summed E-state index contributed by atoms with van der Waals surface area (Å²) < 4.78 is 5.95. The van der Waals surface area contributed by atoms with Gasteiger partial charge in [-0.1, -0.05) is 0 Å². The third kappa shape index (κ3) is 4.51. The number of aryl methyl sites for hydroxylation is 2. The van der Waals surface area contributed by atoms with Gasteiger partial charge in [0.05, 0.1) is 6.54 Å². The van der Waals surface area contributed by atoms with Crippen molar-refractivity contribution in [1.82, 2.24) is 14.9 Å². The first-order valence-electron chi connectivity index (χ1n) is 8.47. The Morgan fingerprint density at radius 3 is 2.52 bits per heavy atom. The quantitative estimate of drug-likeness (QED) is 0.784. The van der Waals surface area contributed by atoms with Crippen molar-refractivity contribution >= 4 is 17.7 Å². The smallest absolute Gasteiger partial charge is 0.317 e. The summed E-state index contributed by atoms with van der Waals surface area (Å²) in [5.41, 5.74) is 2.50. The molecule has 0 bridgehead atoms. The summed E-state index contributed by atoms with van der Waals surface area (Å²) in [5, 5.41) is 0. The van der Waals surface area contributed by atoms with Crippen molar-refractivity contribution in [2.24, 2.45) is 0 Å².